The number of ether oxygens (including phenoxy) is 1. The summed E-state index contributed by atoms with van der Waals surface area (Å²) in [5.41, 5.74) is 0.0835. The van der Waals surface area contributed by atoms with Crippen LogP contribution in [0.1, 0.15) is 38.5 Å². The van der Waals surface area contributed by atoms with Gasteiger partial charge in [0, 0.05) is 30.1 Å². The number of hydrogen-bond donors (Lipinski definition) is 0. The minimum Gasteiger partial charge on any atom is -0.484 e. The summed E-state index contributed by atoms with van der Waals surface area (Å²) in [5, 5.41) is 0.833. The van der Waals surface area contributed by atoms with Crippen molar-refractivity contribution in [3.8, 4) is 5.75 Å². The van der Waals surface area contributed by atoms with Crippen molar-refractivity contribution in [2.45, 2.75) is 44.6 Å². The number of nitrogens with zero attached hydrogens (tertiary/aromatic N) is 1. The Morgan fingerprint density at radius 1 is 1.12 bits per heavy atom. The topological polar surface area (TPSA) is 59.8 Å². The summed E-state index contributed by atoms with van der Waals surface area (Å²) in [5.74, 6) is 1.28. The van der Waals surface area contributed by atoms with Crippen LogP contribution in [-0.4, -0.2) is 30.0 Å². The zero-order chi connectivity index (χ0) is 17.2. The van der Waals surface area contributed by atoms with Crippen LogP contribution in [0.2, 0.25) is 0 Å². The second-order valence-corrected chi connectivity index (χ2v) is 7.08. The van der Waals surface area contributed by atoms with Gasteiger partial charge in [0.2, 0.25) is 0 Å². The second kappa shape index (κ2) is 6.90. The molecular weight excluding hydrogens is 318 g/mol. The molecule has 0 radical (unpaired) electrons. The van der Waals surface area contributed by atoms with Crippen molar-refractivity contribution in [3.05, 3.63) is 40.8 Å². The van der Waals surface area contributed by atoms with Crippen molar-refractivity contribution >= 4 is 16.9 Å². The maximum Gasteiger partial charge on any atom is 0.336 e. The van der Waals surface area contributed by atoms with Crippen LogP contribution in [0.3, 0.4) is 0 Å². The molecule has 2 fully saturated rings. The Balaban J connectivity index is 1.43. The Kier molecular flexibility index (Phi) is 4.47. The van der Waals surface area contributed by atoms with Crippen molar-refractivity contribution in [3.63, 3.8) is 0 Å². The Hall–Kier alpha value is -2.30. The number of benzene rings is 1. The number of hydrogen-bond acceptors (Lipinski definition) is 4. The predicted octanol–water partition coefficient (Wildman–Crippen LogP) is 3.35. The van der Waals surface area contributed by atoms with Crippen LogP contribution in [0.5, 0.6) is 5.75 Å². The number of amides is 1. The Morgan fingerprint density at radius 3 is 2.84 bits per heavy atom. The molecular formula is C20H23NO4. The van der Waals surface area contributed by atoms with E-state index in [1.165, 1.54) is 31.7 Å². The van der Waals surface area contributed by atoms with Crippen LogP contribution < -0.4 is 10.4 Å². The summed E-state index contributed by atoms with van der Waals surface area (Å²) in [4.78, 5) is 26.0. The van der Waals surface area contributed by atoms with E-state index in [4.69, 9.17) is 9.15 Å². The molecule has 5 heteroatoms. The molecule has 1 saturated heterocycles. The van der Waals surface area contributed by atoms with Crippen molar-refractivity contribution in [1.29, 1.82) is 0 Å². The molecule has 2 atom stereocenters. The fourth-order valence-electron chi connectivity index (χ4n) is 4.29. The van der Waals surface area contributed by atoms with E-state index < -0.39 is 5.63 Å². The van der Waals surface area contributed by atoms with Gasteiger partial charge in [0.1, 0.15) is 11.3 Å². The lowest BCUT2D eigenvalue weighted by molar-refractivity contribution is -0.139. The van der Waals surface area contributed by atoms with E-state index in [-0.39, 0.29) is 12.5 Å². The molecule has 0 bridgehead atoms. The van der Waals surface area contributed by atoms with Gasteiger partial charge < -0.3 is 14.1 Å². The first-order valence-electron chi connectivity index (χ1n) is 9.17. The van der Waals surface area contributed by atoms with Gasteiger partial charge in [-0.3, -0.25) is 4.79 Å². The van der Waals surface area contributed by atoms with E-state index in [0.29, 0.717) is 23.3 Å². The lowest BCUT2D eigenvalue weighted by Gasteiger charge is -2.44. The summed E-state index contributed by atoms with van der Waals surface area (Å²) in [6.45, 7) is 0.877. The molecule has 2 aliphatic rings. The molecule has 1 aliphatic heterocycles. The third kappa shape index (κ3) is 3.41. The lowest BCUT2D eigenvalue weighted by Crippen LogP contribution is -2.51. The zero-order valence-electron chi connectivity index (χ0n) is 14.3. The van der Waals surface area contributed by atoms with Gasteiger partial charge in [0.15, 0.2) is 6.61 Å². The fraction of sp³-hybridized carbons (Fsp3) is 0.500. The molecule has 1 aromatic carbocycles. The molecule has 5 nitrogen and oxygen atoms in total. The summed E-state index contributed by atoms with van der Waals surface area (Å²) < 4.78 is 10.9. The maximum atomic E-state index is 12.7. The highest BCUT2D eigenvalue weighted by molar-refractivity contribution is 5.79. The van der Waals surface area contributed by atoms with E-state index >= 15 is 0 Å². The van der Waals surface area contributed by atoms with Crippen LogP contribution in [-0.2, 0) is 4.79 Å². The Morgan fingerprint density at radius 2 is 1.92 bits per heavy atom. The molecule has 0 unspecified atom stereocenters. The number of carbonyl (C=O) groups is 1. The van der Waals surface area contributed by atoms with Gasteiger partial charge in [-0.2, -0.15) is 0 Å². The maximum absolute atomic E-state index is 12.7. The SMILES string of the molecule is O=C(COc1ccc2ccc(=O)oc2c1)N1CCC[C@H]2CCCC[C@H]21. The molecule has 2 heterocycles. The van der Waals surface area contributed by atoms with Crippen LogP contribution in [0.25, 0.3) is 11.0 Å². The van der Waals surface area contributed by atoms with Crippen LogP contribution in [0, 0.1) is 5.92 Å². The normalized spacial score (nSPS) is 23.3. The predicted molar refractivity (Wildman–Crippen MR) is 94.7 cm³/mol. The summed E-state index contributed by atoms with van der Waals surface area (Å²) in [6.07, 6.45) is 7.22. The van der Waals surface area contributed by atoms with Gasteiger partial charge in [-0.25, -0.2) is 4.79 Å². The highest BCUT2D eigenvalue weighted by atomic mass is 16.5. The number of carbonyl (C=O) groups excluding carboxylic acids is 1. The fourth-order valence-corrected chi connectivity index (χ4v) is 4.29. The largest absolute Gasteiger partial charge is 0.484 e. The quantitative estimate of drug-likeness (QED) is 0.803. The average Bonchev–Trinajstić information content (AvgIpc) is 2.65. The monoisotopic (exact) mass is 341 g/mol. The van der Waals surface area contributed by atoms with Gasteiger partial charge in [-0.15, -0.1) is 0 Å². The van der Waals surface area contributed by atoms with E-state index in [1.807, 2.05) is 11.0 Å². The minimum atomic E-state index is -0.391. The summed E-state index contributed by atoms with van der Waals surface area (Å²) >= 11 is 0. The van der Waals surface area contributed by atoms with E-state index in [9.17, 15) is 9.59 Å². The molecule has 0 N–H and O–H groups in total. The Bertz CT molecular complexity index is 826. The molecule has 132 valence electrons. The molecule has 2 aromatic rings. The second-order valence-electron chi connectivity index (χ2n) is 7.08. The molecule has 1 aliphatic carbocycles. The van der Waals surface area contributed by atoms with E-state index in [2.05, 4.69) is 0 Å². The number of rotatable bonds is 3. The zero-order valence-corrected chi connectivity index (χ0v) is 14.3. The van der Waals surface area contributed by atoms with Crippen molar-refractivity contribution in [2.75, 3.05) is 13.2 Å². The average molecular weight is 341 g/mol. The summed E-state index contributed by atoms with van der Waals surface area (Å²) in [7, 11) is 0. The first-order valence-corrected chi connectivity index (χ1v) is 9.17. The molecule has 4 rings (SSSR count). The first kappa shape index (κ1) is 16.2. The van der Waals surface area contributed by atoms with Crippen molar-refractivity contribution in [1.82, 2.24) is 4.90 Å². The third-order valence-corrected chi connectivity index (χ3v) is 5.52. The standard InChI is InChI=1S/C20H23NO4/c22-19(21-11-3-5-14-4-1-2-6-17(14)21)13-24-16-9-7-15-8-10-20(23)25-18(15)12-16/h7-10,12,14,17H,1-6,11,13H2/t14-,17-/m1/s1. The Labute approximate surface area is 146 Å². The van der Waals surface area contributed by atoms with E-state index in [1.54, 1.807) is 18.2 Å². The number of piperidine rings is 1. The smallest absolute Gasteiger partial charge is 0.336 e. The highest BCUT2D eigenvalue weighted by Gasteiger charge is 2.35. The van der Waals surface area contributed by atoms with Crippen molar-refractivity contribution in [2.24, 2.45) is 5.92 Å². The molecule has 0 spiro atoms. The van der Waals surface area contributed by atoms with Gasteiger partial charge in [-0.05, 0) is 49.8 Å². The van der Waals surface area contributed by atoms with Gasteiger partial charge in [-0.1, -0.05) is 12.8 Å². The lowest BCUT2D eigenvalue weighted by atomic mass is 9.78. The van der Waals surface area contributed by atoms with Gasteiger partial charge in [0.05, 0.1) is 0 Å². The third-order valence-electron chi connectivity index (χ3n) is 5.52. The number of fused-ring (bicyclic) bond motifs is 2. The minimum absolute atomic E-state index is 0.0335. The van der Waals surface area contributed by atoms with E-state index in [0.717, 1.165) is 24.8 Å². The van der Waals surface area contributed by atoms with Gasteiger partial charge >= 0.3 is 5.63 Å². The van der Waals surface area contributed by atoms with Gasteiger partial charge in [0.25, 0.3) is 5.91 Å². The molecule has 25 heavy (non-hydrogen) atoms. The van der Waals surface area contributed by atoms with Crippen LogP contribution in [0.15, 0.2) is 39.5 Å². The van der Waals surface area contributed by atoms with Crippen LogP contribution in [0.4, 0.5) is 0 Å². The highest BCUT2D eigenvalue weighted by Crippen LogP contribution is 2.35. The van der Waals surface area contributed by atoms with Crippen molar-refractivity contribution < 1.29 is 13.9 Å². The molecule has 1 aromatic heterocycles. The summed E-state index contributed by atoms with van der Waals surface area (Å²) in [6, 6.07) is 8.80. The first-order chi connectivity index (χ1) is 12.2. The molecule has 1 amide bonds. The van der Waals surface area contributed by atoms with Crippen LogP contribution >= 0.6 is 0 Å². The molecule has 1 saturated carbocycles. The number of likely N-dealkylation sites (tertiary alicyclic amines) is 1.